The lowest BCUT2D eigenvalue weighted by atomic mass is 10.0. The van der Waals surface area contributed by atoms with Gasteiger partial charge in [0.2, 0.25) is 11.8 Å². The molecule has 0 saturated heterocycles. The van der Waals surface area contributed by atoms with Crippen molar-refractivity contribution in [2.24, 2.45) is 0 Å². The van der Waals surface area contributed by atoms with E-state index in [9.17, 15) is 9.59 Å². The highest BCUT2D eigenvalue weighted by Gasteiger charge is 2.09. The van der Waals surface area contributed by atoms with Gasteiger partial charge in [0, 0.05) is 31.3 Å². The highest BCUT2D eigenvalue weighted by atomic mass is 16.5. The molecule has 6 nitrogen and oxygen atoms in total. The minimum Gasteiger partial charge on any atom is -0.490 e. The van der Waals surface area contributed by atoms with Crippen molar-refractivity contribution in [3.63, 3.8) is 0 Å². The Hall–Kier alpha value is -4.58. The van der Waals surface area contributed by atoms with Crippen LogP contribution in [0.25, 0.3) is 21.5 Å². The number of hydrogen-bond acceptors (Lipinski definition) is 4. The van der Waals surface area contributed by atoms with E-state index in [4.69, 9.17) is 9.47 Å². The van der Waals surface area contributed by atoms with Gasteiger partial charge in [0.25, 0.3) is 0 Å². The summed E-state index contributed by atoms with van der Waals surface area (Å²) in [6, 6.07) is 24.4. The maximum atomic E-state index is 11.8. The minimum atomic E-state index is -0.0278. The monoisotopic (exact) mass is 536 g/mol. The Kier molecular flexibility index (Phi) is 10.3. The zero-order chi connectivity index (χ0) is 28.2. The largest absolute Gasteiger partial charge is 0.490 e. The van der Waals surface area contributed by atoms with Crippen molar-refractivity contribution in [3.8, 4) is 11.5 Å². The summed E-state index contributed by atoms with van der Waals surface area (Å²) in [7, 11) is 0. The fourth-order valence-corrected chi connectivity index (χ4v) is 4.73. The molecule has 40 heavy (non-hydrogen) atoms. The number of benzene rings is 4. The van der Waals surface area contributed by atoms with Gasteiger partial charge in [0.05, 0.1) is 0 Å². The van der Waals surface area contributed by atoms with E-state index in [1.807, 2.05) is 36.4 Å². The summed E-state index contributed by atoms with van der Waals surface area (Å²) in [5.41, 5.74) is 2.28. The molecule has 0 bridgehead atoms. The minimum absolute atomic E-state index is 0.0205. The molecule has 0 unspecified atom stereocenters. The molecule has 0 radical (unpaired) electrons. The van der Waals surface area contributed by atoms with Crippen molar-refractivity contribution in [2.45, 2.75) is 25.7 Å². The number of nitrogens with one attached hydrogen (secondary N) is 2. The van der Waals surface area contributed by atoms with Crippen LogP contribution in [-0.2, 0) is 22.4 Å². The summed E-state index contributed by atoms with van der Waals surface area (Å²) in [4.78, 5) is 23.6. The first-order valence-corrected chi connectivity index (χ1v) is 13.6. The van der Waals surface area contributed by atoms with Gasteiger partial charge >= 0.3 is 0 Å². The normalized spacial score (nSPS) is 10.7. The van der Waals surface area contributed by atoms with Gasteiger partial charge in [-0.05, 0) is 58.3 Å². The van der Waals surface area contributed by atoms with E-state index in [0.717, 1.165) is 50.6 Å². The second-order valence-electron chi connectivity index (χ2n) is 9.45. The first kappa shape index (κ1) is 28.4. The molecule has 0 heterocycles. The number of carbonyl (C=O) groups excluding carboxylic acids is 2. The number of carbonyl (C=O) groups is 2. The first-order chi connectivity index (χ1) is 19.6. The van der Waals surface area contributed by atoms with Gasteiger partial charge in [-0.15, -0.1) is 13.2 Å². The van der Waals surface area contributed by atoms with E-state index >= 15 is 0 Å². The van der Waals surface area contributed by atoms with Crippen molar-refractivity contribution in [2.75, 3.05) is 26.3 Å². The third kappa shape index (κ3) is 7.73. The fraction of sp³-hybridized carbons (Fsp3) is 0.235. The van der Waals surface area contributed by atoms with Crippen LogP contribution in [0.4, 0.5) is 0 Å². The Morgan fingerprint density at radius 3 is 2.00 bits per heavy atom. The maximum absolute atomic E-state index is 11.8. The van der Waals surface area contributed by atoms with Gasteiger partial charge in [0.15, 0.2) is 0 Å². The Bertz CT molecular complexity index is 1490. The standard InChI is InChI=1S/C34H36N2O4/c1-3-8-32(37)35-20-18-26-11-5-10-25-16-17-29(24-30(25)26)39-22-23-40-31-15-7-14-27-12-6-13-28(34(27)31)19-21-36-33(38)9-4-2/h3-7,10-17,24H,1-2,8-9,18-23H2,(H,35,37)(H,36,38). The molecule has 4 aromatic rings. The second kappa shape index (κ2) is 14.5. The molecule has 4 rings (SSSR count). The van der Waals surface area contributed by atoms with Gasteiger partial charge in [-0.25, -0.2) is 0 Å². The maximum Gasteiger partial charge on any atom is 0.223 e. The smallest absolute Gasteiger partial charge is 0.223 e. The lowest BCUT2D eigenvalue weighted by molar-refractivity contribution is -0.121. The lowest BCUT2D eigenvalue weighted by Gasteiger charge is -2.14. The van der Waals surface area contributed by atoms with Gasteiger partial charge < -0.3 is 20.1 Å². The molecular formula is C34H36N2O4. The van der Waals surface area contributed by atoms with E-state index in [1.165, 1.54) is 0 Å². The molecule has 6 heteroatoms. The molecule has 0 aliphatic heterocycles. The van der Waals surface area contributed by atoms with Crippen LogP contribution in [0.3, 0.4) is 0 Å². The molecule has 4 aromatic carbocycles. The lowest BCUT2D eigenvalue weighted by Crippen LogP contribution is -2.24. The molecule has 2 amide bonds. The molecule has 0 aromatic heterocycles. The van der Waals surface area contributed by atoms with Gasteiger partial charge in [-0.2, -0.15) is 0 Å². The van der Waals surface area contributed by atoms with Crippen molar-refractivity contribution in [3.05, 3.63) is 109 Å². The summed E-state index contributed by atoms with van der Waals surface area (Å²) in [5.74, 6) is 1.52. The molecule has 0 aliphatic carbocycles. The van der Waals surface area contributed by atoms with Crippen molar-refractivity contribution in [1.82, 2.24) is 10.6 Å². The van der Waals surface area contributed by atoms with Crippen molar-refractivity contribution < 1.29 is 19.1 Å². The van der Waals surface area contributed by atoms with Crippen molar-refractivity contribution >= 4 is 33.4 Å². The zero-order valence-electron chi connectivity index (χ0n) is 22.8. The highest BCUT2D eigenvalue weighted by Crippen LogP contribution is 2.30. The quantitative estimate of drug-likeness (QED) is 0.146. The predicted octanol–water partition coefficient (Wildman–Crippen LogP) is 5.92. The Balaban J connectivity index is 1.37. The fourth-order valence-electron chi connectivity index (χ4n) is 4.73. The average molecular weight is 537 g/mol. The van der Waals surface area contributed by atoms with Gasteiger partial charge in [0.1, 0.15) is 24.7 Å². The number of amides is 2. The predicted molar refractivity (Wildman–Crippen MR) is 162 cm³/mol. The van der Waals surface area contributed by atoms with E-state index in [1.54, 1.807) is 12.2 Å². The molecule has 0 atom stereocenters. The van der Waals surface area contributed by atoms with Crippen LogP contribution in [0.1, 0.15) is 24.0 Å². The molecular weight excluding hydrogens is 500 g/mol. The SMILES string of the molecule is C=CCC(=O)NCCc1cccc2ccc(OCCOc3cccc4cccc(CCNC(=O)CC=C)c34)cc12. The topological polar surface area (TPSA) is 76.7 Å². The average Bonchev–Trinajstić information content (AvgIpc) is 2.96. The number of ether oxygens (including phenoxy) is 2. The number of hydrogen-bond donors (Lipinski definition) is 2. The van der Waals surface area contributed by atoms with Gasteiger partial charge in [-0.1, -0.05) is 66.7 Å². The molecule has 0 aliphatic rings. The van der Waals surface area contributed by atoms with Crippen LogP contribution in [0.15, 0.2) is 98.1 Å². The molecule has 2 N–H and O–H groups in total. The molecule has 0 spiro atoms. The van der Waals surface area contributed by atoms with Crippen LogP contribution in [-0.4, -0.2) is 38.1 Å². The number of rotatable bonds is 15. The van der Waals surface area contributed by atoms with Crippen LogP contribution in [0.5, 0.6) is 11.5 Å². The second-order valence-corrected chi connectivity index (χ2v) is 9.45. The van der Waals surface area contributed by atoms with Gasteiger partial charge in [-0.3, -0.25) is 9.59 Å². The summed E-state index contributed by atoms with van der Waals surface area (Å²) >= 11 is 0. The van der Waals surface area contributed by atoms with E-state index in [-0.39, 0.29) is 11.8 Å². The van der Waals surface area contributed by atoms with Crippen LogP contribution < -0.4 is 20.1 Å². The Morgan fingerprint density at radius 1 is 0.700 bits per heavy atom. The van der Waals surface area contributed by atoms with Crippen molar-refractivity contribution in [1.29, 1.82) is 0 Å². The van der Waals surface area contributed by atoms with E-state index in [0.29, 0.717) is 45.6 Å². The summed E-state index contributed by atoms with van der Waals surface area (Å²) in [6.45, 7) is 9.11. The third-order valence-electron chi connectivity index (χ3n) is 6.60. The third-order valence-corrected chi connectivity index (χ3v) is 6.60. The van der Waals surface area contributed by atoms with E-state index < -0.39 is 0 Å². The molecule has 0 fully saturated rings. The van der Waals surface area contributed by atoms with Crippen LogP contribution in [0.2, 0.25) is 0 Å². The zero-order valence-corrected chi connectivity index (χ0v) is 22.8. The van der Waals surface area contributed by atoms with Crippen LogP contribution in [0, 0.1) is 0 Å². The molecule has 0 saturated carbocycles. The summed E-state index contributed by atoms with van der Waals surface area (Å²) in [6.07, 6.45) is 5.28. The Morgan fingerprint density at radius 2 is 1.30 bits per heavy atom. The molecule has 206 valence electrons. The summed E-state index contributed by atoms with van der Waals surface area (Å²) < 4.78 is 12.2. The first-order valence-electron chi connectivity index (χ1n) is 13.6. The van der Waals surface area contributed by atoms with E-state index in [2.05, 4.69) is 60.2 Å². The highest BCUT2D eigenvalue weighted by molar-refractivity contribution is 5.91. The summed E-state index contributed by atoms with van der Waals surface area (Å²) in [5, 5.41) is 10.2. The van der Waals surface area contributed by atoms with Crippen LogP contribution >= 0.6 is 0 Å². The Labute approximate surface area is 235 Å². The number of fused-ring (bicyclic) bond motifs is 2.